The highest BCUT2D eigenvalue weighted by atomic mass is 32.2. The van der Waals surface area contributed by atoms with Crippen molar-refractivity contribution in [2.75, 3.05) is 31.6 Å². The summed E-state index contributed by atoms with van der Waals surface area (Å²) >= 11 is 0. The first-order valence-electron chi connectivity index (χ1n) is 9.45. The molecule has 1 N–H and O–H groups in total. The maximum Gasteiger partial charge on any atom is 0.243 e. The van der Waals surface area contributed by atoms with E-state index in [1.807, 2.05) is 6.07 Å². The average molecular weight is 402 g/mol. The van der Waals surface area contributed by atoms with Gasteiger partial charge in [0.15, 0.2) is 0 Å². The van der Waals surface area contributed by atoms with Crippen LogP contribution in [0.25, 0.3) is 11.5 Å². The zero-order valence-electron chi connectivity index (χ0n) is 15.4. The summed E-state index contributed by atoms with van der Waals surface area (Å²) in [7, 11) is -3.46. The predicted octanol–water partition coefficient (Wildman–Crippen LogP) is 2.59. The van der Waals surface area contributed by atoms with Gasteiger partial charge in [-0.05, 0) is 49.9 Å². The Bertz CT molecular complexity index is 966. The highest BCUT2D eigenvalue weighted by Gasteiger charge is 2.27. The van der Waals surface area contributed by atoms with Crippen LogP contribution in [0.2, 0.25) is 0 Å². The van der Waals surface area contributed by atoms with Crippen LogP contribution in [0.1, 0.15) is 31.4 Å². The van der Waals surface area contributed by atoms with Crippen LogP contribution < -0.4 is 5.32 Å². The third-order valence-corrected chi connectivity index (χ3v) is 6.96. The molecule has 0 saturated carbocycles. The molecule has 2 fully saturated rings. The lowest BCUT2D eigenvalue weighted by molar-refractivity contribution is 0.120. The lowest BCUT2D eigenvalue weighted by Gasteiger charge is -2.15. The fraction of sp³-hybridized carbons (Fsp3) is 0.474. The fourth-order valence-electron chi connectivity index (χ4n) is 3.50. The van der Waals surface area contributed by atoms with Gasteiger partial charge >= 0.3 is 0 Å². The Balaban J connectivity index is 1.51. The second kappa shape index (κ2) is 7.91. The van der Waals surface area contributed by atoms with E-state index in [1.165, 1.54) is 4.31 Å². The molecule has 28 heavy (non-hydrogen) atoms. The summed E-state index contributed by atoms with van der Waals surface area (Å²) in [5, 5.41) is 12.4. The smallest absolute Gasteiger partial charge is 0.243 e. The van der Waals surface area contributed by atoms with Crippen LogP contribution in [0.3, 0.4) is 0 Å². The Morgan fingerprint density at radius 3 is 2.61 bits per heavy atom. The monoisotopic (exact) mass is 402 g/mol. The van der Waals surface area contributed by atoms with E-state index < -0.39 is 10.0 Å². The van der Waals surface area contributed by atoms with Crippen LogP contribution in [0, 0.1) is 11.3 Å². The zero-order valence-corrected chi connectivity index (χ0v) is 16.2. The van der Waals surface area contributed by atoms with Crippen LogP contribution in [-0.4, -0.2) is 50.1 Å². The number of rotatable bonds is 6. The number of ether oxygens (including phenoxy) is 1. The minimum atomic E-state index is -3.46. The summed E-state index contributed by atoms with van der Waals surface area (Å²) in [6.45, 7) is 2.44. The SMILES string of the molecule is N#Cc1nc(-c2ccc(S(=O)(=O)N3CCCC3)cc2)oc1NCC1CCCO1. The summed E-state index contributed by atoms with van der Waals surface area (Å²) in [5.41, 5.74) is 0.781. The lowest BCUT2D eigenvalue weighted by Crippen LogP contribution is -2.27. The number of nitriles is 1. The highest BCUT2D eigenvalue weighted by molar-refractivity contribution is 7.89. The van der Waals surface area contributed by atoms with Gasteiger partial charge in [-0.3, -0.25) is 0 Å². The molecule has 0 aliphatic carbocycles. The lowest BCUT2D eigenvalue weighted by atomic mass is 10.2. The Morgan fingerprint density at radius 1 is 1.21 bits per heavy atom. The summed E-state index contributed by atoms with van der Waals surface area (Å²) in [5.74, 6) is 0.582. The van der Waals surface area contributed by atoms with Crippen molar-refractivity contribution in [3.63, 3.8) is 0 Å². The van der Waals surface area contributed by atoms with Gasteiger partial charge in [0, 0.05) is 31.8 Å². The standard InChI is InChI=1S/C19H22N4O4S/c20-12-17-19(21-13-15-4-3-11-26-15)27-18(22-17)14-5-7-16(8-6-14)28(24,25)23-9-1-2-10-23/h5-8,15,21H,1-4,9-11,13H2. The molecule has 0 radical (unpaired) electrons. The summed E-state index contributed by atoms with van der Waals surface area (Å²) in [4.78, 5) is 4.47. The van der Waals surface area contributed by atoms with E-state index in [-0.39, 0.29) is 22.6 Å². The molecule has 8 nitrogen and oxygen atoms in total. The Kier molecular flexibility index (Phi) is 5.35. The molecular weight excluding hydrogens is 380 g/mol. The maximum atomic E-state index is 12.6. The van der Waals surface area contributed by atoms with E-state index in [2.05, 4.69) is 10.3 Å². The first-order chi connectivity index (χ1) is 13.6. The molecule has 4 rings (SSSR count). The number of sulfonamides is 1. The molecule has 1 aromatic heterocycles. The van der Waals surface area contributed by atoms with E-state index in [4.69, 9.17) is 9.15 Å². The van der Waals surface area contributed by atoms with Gasteiger partial charge in [0.1, 0.15) is 6.07 Å². The number of hydrogen-bond donors (Lipinski definition) is 1. The number of benzene rings is 1. The first-order valence-corrected chi connectivity index (χ1v) is 10.9. The van der Waals surface area contributed by atoms with Gasteiger partial charge < -0.3 is 14.5 Å². The number of anilines is 1. The van der Waals surface area contributed by atoms with E-state index in [1.54, 1.807) is 24.3 Å². The Morgan fingerprint density at radius 2 is 1.96 bits per heavy atom. The van der Waals surface area contributed by atoms with Gasteiger partial charge in [0.25, 0.3) is 0 Å². The van der Waals surface area contributed by atoms with Crippen molar-refractivity contribution in [3.8, 4) is 17.5 Å². The number of aromatic nitrogens is 1. The van der Waals surface area contributed by atoms with Crippen molar-refractivity contribution >= 4 is 15.9 Å². The van der Waals surface area contributed by atoms with Crippen LogP contribution in [-0.2, 0) is 14.8 Å². The van der Waals surface area contributed by atoms with Crippen molar-refractivity contribution in [2.45, 2.75) is 36.7 Å². The molecule has 9 heteroatoms. The molecule has 0 amide bonds. The molecule has 3 heterocycles. The van der Waals surface area contributed by atoms with Crippen LogP contribution in [0.4, 0.5) is 5.88 Å². The van der Waals surface area contributed by atoms with Gasteiger partial charge in [-0.1, -0.05) is 0 Å². The molecule has 1 unspecified atom stereocenters. The minimum Gasteiger partial charge on any atom is -0.419 e. The van der Waals surface area contributed by atoms with Gasteiger partial charge in [0.2, 0.25) is 27.5 Å². The Labute approximate surface area is 164 Å². The van der Waals surface area contributed by atoms with Crippen LogP contribution in [0.5, 0.6) is 0 Å². The number of nitrogens with zero attached hydrogens (tertiary/aromatic N) is 3. The predicted molar refractivity (Wildman–Crippen MR) is 102 cm³/mol. The Hall–Kier alpha value is -2.41. The molecule has 2 aliphatic rings. The van der Waals surface area contributed by atoms with Gasteiger partial charge in [0.05, 0.1) is 11.0 Å². The van der Waals surface area contributed by atoms with Crippen LogP contribution in [0.15, 0.2) is 33.6 Å². The summed E-state index contributed by atoms with van der Waals surface area (Å²) in [6.07, 6.45) is 3.91. The second-order valence-electron chi connectivity index (χ2n) is 6.96. The summed E-state index contributed by atoms with van der Waals surface area (Å²) < 4.78 is 38.0. The molecule has 0 spiro atoms. The molecule has 148 valence electrons. The topological polar surface area (TPSA) is 108 Å². The number of nitrogens with one attached hydrogen (secondary N) is 1. The molecule has 1 aromatic carbocycles. The van der Waals surface area contributed by atoms with Gasteiger partial charge in [-0.2, -0.15) is 14.6 Å². The fourth-order valence-corrected chi connectivity index (χ4v) is 5.02. The van der Waals surface area contributed by atoms with E-state index in [0.717, 1.165) is 32.3 Å². The average Bonchev–Trinajstić information content (AvgIpc) is 3.48. The van der Waals surface area contributed by atoms with Crippen molar-refractivity contribution in [1.29, 1.82) is 5.26 Å². The molecule has 2 aliphatic heterocycles. The van der Waals surface area contributed by atoms with Gasteiger partial charge in [-0.25, -0.2) is 8.42 Å². The van der Waals surface area contributed by atoms with Crippen molar-refractivity contribution in [2.24, 2.45) is 0 Å². The van der Waals surface area contributed by atoms with Crippen molar-refractivity contribution in [1.82, 2.24) is 9.29 Å². The quantitative estimate of drug-likeness (QED) is 0.791. The normalized spacial score (nSPS) is 20.3. The molecule has 0 bridgehead atoms. The minimum absolute atomic E-state index is 0.107. The largest absolute Gasteiger partial charge is 0.419 e. The second-order valence-corrected chi connectivity index (χ2v) is 8.90. The van der Waals surface area contributed by atoms with Crippen molar-refractivity contribution in [3.05, 3.63) is 30.0 Å². The van der Waals surface area contributed by atoms with E-state index in [0.29, 0.717) is 31.1 Å². The number of oxazole rings is 1. The highest BCUT2D eigenvalue weighted by Crippen LogP contribution is 2.28. The van der Waals surface area contributed by atoms with E-state index >= 15 is 0 Å². The van der Waals surface area contributed by atoms with Crippen molar-refractivity contribution < 1.29 is 17.6 Å². The van der Waals surface area contributed by atoms with Crippen LogP contribution >= 0.6 is 0 Å². The molecule has 1 atom stereocenters. The first kappa shape index (κ1) is 18.9. The molecule has 2 saturated heterocycles. The summed E-state index contributed by atoms with van der Waals surface area (Å²) in [6, 6.07) is 8.44. The number of hydrogen-bond acceptors (Lipinski definition) is 7. The maximum absolute atomic E-state index is 12.6. The molecule has 2 aromatic rings. The third-order valence-electron chi connectivity index (χ3n) is 5.05. The van der Waals surface area contributed by atoms with Gasteiger partial charge in [-0.15, -0.1) is 0 Å². The third kappa shape index (κ3) is 3.76. The zero-order chi connectivity index (χ0) is 19.6. The van der Waals surface area contributed by atoms with E-state index in [9.17, 15) is 13.7 Å². The molecular formula is C19H22N4O4S.